The van der Waals surface area contributed by atoms with Crippen molar-refractivity contribution in [2.24, 2.45) is 5.92 Å². The second-order valence-corrected chi connectivity index (χ2v) is 5.86. The zero-order chi connectivity index (χ0) is 13.2. The first-order chi connectivity index (χ1) is 9.29. The molecule has 0 amide bonds. The predicted molar refractivity (Wildman–Crippen MR) is 77.6 cm³/mol. The van der Waals surface area contributed by atoms with Crippen molar-refractivity contribution in [1.29, 1.82) is 0 Å². The quantitative estimate of drug-likeness (QED) is 0.883. The van der Waals surface area contributed by atoms with E-state index in [1.807, 2.05) is 22.7 Å². The summed E-state index contributed by atoms with van der Waals surface area (Å²) in [6, 6.07) is 3.91. The van der Waals surface area contributed by atoms with Crippen LogP contribution < -0.4 is 5.32 Å². The Morgan fingerprint density at radius 1 is 1.47 bits per heavy atom. The number of rotatable bonds is 3. The van der Waals surface area contributed by atoms with Crippen molar-refractivity contribution < 1.29 is 4.79 Å². The highest BCUT2D eigenvalue weighted by atomic mass is 79.9. The van der Waals surface area contributed by atoms with E-state index < -0.39 is 0 Å². The summed E-state index contributed by atoms with van der Waals surface area (Å²) < 4.78 is 2.96. The van der Waals surface area contributed by atoms with Crippen molar-refractivity contribution in [2.45, 2.75) is 19.3 Å². The standard InChI is InChI=1S/C14H16BrN3O/c15-11-2-1-7-18-13(17-12(9-19)14(11)18)8-10-3-5-16-6-4-10/h1-2,7,9-10,16H,3-6,8H2. The van der Waals surface area contributed by atoms with Gasteiger partial charge in [0.2, 0.25) is 0 Å². The van der Waals surface area contributed by atoms with Gasteiger partial charge in [0.05, 0.1) is 5.52 Å². The van der Waals surface area contributed by atoms with Crippen molar-refractivity contribution in [3.8, 4) is 0 Å². The molecule has 19 heavy (non-hydrogen) atoms. The first-order valence-corrected chi connectivity index (χ1v) is 7.40. The van der Waals surface area contributed by atoms with Crippen molar-refractivity contribution in [3.63, 3.8) is 0 Å². The number of carbonyl (C=O) groups excluding carboxylic acids is 1. The minimum atomic E-state index is 0.524. The Balaban J connectivity index is 1.99. The SMILES string of the molecule is O=Cc1nc(CC2CCNCC2)n2cccc(Br)c12. The first-order valence-electron chi connectivity index (χ1n) is 6.61. The van der Waals surface area contributed by atoms with E-state index in [4.69, 9.17) is 0 Å². The van der Waals surface area contributed by atoms with E-state index in [1.165, 1.54) is 12.8 Å². The van der Waals surface area contributed by atoms with E-state index in [-0.39, 0.29) is 0 Å². The van der Waals surface area contributed by atoms with Gasteiger partial charge in [-0.1, -0.05) is 0 Å². The molecule has 0 spiro atoms. The van der Waals surface area contributed by atoms with E-state index >= 15 is 0 Å². The highest BCUT2D eigenvalue weighted by molar-refractivity contribution is 9.10. The molecule has 0 aromatic carbocycles. The molecule has 3 heterocycles. The molecule has 2 aromatic rings. The lowest BCUT2D eigenvalue weighted by molar-refractivity contribution is 0.112. The van der Waals surface area contributed by atoms with E-state index in [1.54, 1.807) is 0 Å². The number of aromatic nitrogens is 2. The smallest absolute Gasteiger partial charge is 0.170 e. The van der Waals surface area contributed by atoms with Crippen LogP contribution in [0.1, 0.15) is 29.2 Å². The Morgan fingerprint density at radius 3 is 3.00 bits per heavy atom. The van der Waals surface area contributed by atoms with Gasteiger partial charge in [0, 0.05) is 17.1 Å². The van der Waals surface area contributed by atoms with Crippen molar-refractivity contribution in [2.75, 3.05) is 13.1 Å². The molecule has 0 aliphatic carbocycles. The largest absolute Gasteiger partial charge is 0.317 e. The molecule has 4 nitrogen and oxygen atoms in total. The minimum absolute atomic E-state index is 0.524. The van der Waals surface area contributed by atoms with Crippen LogP contribution in [0.4, 0.5) is 0 Å². The van der Waals surface area contributed by atoms with Crippen molar-refractivity contribution in [3.05, 3.63) is 34.3 Å². The number of nitrogens with zero attached hydrogens (tertiary/aromatic N) is 2. The molecule has 0 bridgehead atoms. The summed E-state index contributed by atoms with van der Waals surface area (Å²) in [6.45, 7) is 2.16. The average Bonchev–Trinajstić information content (AvgIpc) is 2.80. The van der Waals surface area contributed by atoms with Gasteiger partial charge >= 0.3 is 0 Å². The molecular formula is C14H16BrN3O. The van der Waals surface area contributed by atoms with Crippen molar-refractivity contribution >= 4 is 27.7 Å². The van der Waals surface area contributed by atoms with E-state index in [2.05, 4.69) is 26.2 Å². The van der Waals surface area contributed by atoms with Gasteiger partial charge in [-0.3, -0.25) is 4.79 Å². The van der Waals surface area contributed by atoms with Crippen LogP contribution in [0.2, 0.25) is 0 Å². The fourth-order valence-corrected chi connectivity index (χ4v) is 3.31. The Labute approximate surface area is 120 Å². The molecule has 2 aromatic heterocycles. The lowest BCUT2D eigenvalue weighted by atomic mass is 9.94. The molecule has 1 aliphatic rings. The number of hydrogen-bond donors (Lipinski definition) is 1. The molecule has 100 valence electrons. The first kappa shape index (κ1) is 12.8. The molecule has 0 unspecified atom stereocenters. The Morgan fingerprint density at radius 2 is 2.26 bits per heavy atom. The van der Waals surface area contributed by atoms with Gasteiger partial charge in [-0.2, -0.15) is 0 Å². The van der Waals surface area contributed by atoms with Gasteiger partial charge in [0.25, 0.3) is 0 Å². The number of halogens is 1. The van der Waals surface area contributed by atoms with Gasteiger partial charge in [0.1, 0.15) is 11.5 Å². The molecule has 3 rings (SSSR count). The lowest BCUT2D eigenvalue weighted by Crippen LogP contribution is -2.29. The maximum atomic E-state index is 11.2. The molecule has 0 radical (unpaired) electrons. The number of hydrogen-bond acceptors (Lipinski definition) is 3. The van der Waals surface area contributed by atoms with E-state index in [0.717, 1.165) is 41.6 Å². The maximum Gasteiger partial charge on any atom is 0.170 e. The van der Waals surface area contributed by atoms with Gasteiger partial charge in [-0.05, 0) is 59.9 Å². The van der Waals surface area contributed by atoms with Gasteiger partial charge in [-0.25, -0.2) is 4.98 Å². The topological polar surface area (TPSA) is 46.4 Å². The Bertz CT molecular complexity index is 602. The third-order valence-electron chi connectivity index (χ3n) is 3.76. The Hall–Kier alpha value is -1.20. The molecule has 0 atom stereocenters. The van der Waals surface area contributed by atoms with Crippen LogP contribution >= 0.6 is 15.9 Å². The average molecular weight is 322 g/mol. The van der Waals surface area contributed by atoms with Crippen LogP contribution in [0.3, 0.4) is 0 Å². The number of imidazole rings is 1. The fraction of sp³-hybridized carbons (Fsp3) is 0.429. The minimum Gasteiger partial charge on any atom is -0.317 e. The number of nitrogens with one attached hydrogen (secondary N) is 1. The highest BCUT2D eigenvalue weighted by Gasteiger charge is 2.18. The fourth-order valence-electron chi connectivity index (χ4n) is 2.76. The van der Waals surface area contributed by atoms with Crippen LogP contribution in [-0.2, 0) is 6.42 Å². The second kappa shape index (κ2) is 5.43. The molecular weight excluding hydrogens is 306 g/mol. The predicted octanol–water partition coefficient (Wildman–Crippen LogP) is 2.45. The second-order valence-electron chi connectivity index (χ2n) is 5.00. The zero-order valence-corrected chi connectivity index (χ0v) is 12.2. The molecule has 1 aliphatic heterocycles. The molecule has 0 saturated carbocycles. The summed E-state index contributed by atoms with van der Waals surface area (Å²) in [5.41, 5.74) is 1.40. The Kier molecular flexibility index (Phi) is 3.66. The molecule has 1 fully saturated rings. The van der Waals surface area contributed by atoms with Crippen LogP contribution in [0.25, 0.3) is 5.52 Å². The summed E-state index contributed by atoms with van der Waals surface area (Å²) in [6.07, 6.45) is 6.12. The number of fused-ring (bicyclic) bond motifs is 1. The normalized spacial score (nSPS) is 16.9. The van der Waals surface area contributed by atoms with Gasteiger partial charge in [0.15, 0.2) is 6.29 Å². The molecule has 1 saturated heterocycles. The van der Waals surface area contributed by atoms with E-state index in [0.29, 0.717) is 11.6 Å². The molecule has 5 heteroatoms. The van der Waals surface area contributed by atoms with Crippen LogP contribution in [0.5, 0.6) is 0 Å². The lowest BCUT2D eigenvalue weighted by Gasteiger charge is -2.21. The summed E-state index contributed by atoms with van der Waals surface area (Å²) >= 11 is 3.50. The summed E-state index contributed by atoms with van der Waals surface area (Å²) in [7, 11) is 0. The zero-order valence-electron chi connectivity index (χ0n) is 10.6. The number of piperidine rings is 1. The summed E-state index contributed by atoms with van der Waals surface area (Å²) in [5.74, 6) is 1.65. The monoisotopic (exact) mass is 321 g/mol. The van der Waals surface area contributed by atoms with Gasteiger partial charge < -0.3 is 9.72 Å². The summed E-state index contributed by atoms with van der Waals surface area (Å²) in [4.78, 5) is 15.7. The third kappa shape index (κ3) is 2.44. The maximum absolute atomic E-state index is 11.2. The summed E-state index contributed by atoms with van der Waals surface area (Å²) in [5, 5.41) is 3.37. The number of aldehydes is 1. The van der Waals surface area contributed by atoms with Crippen molar-refractivity contribution in [1.82, 2.24) is 14.7 Å². The van der Waals surface area contributed by atoms with Crippen LogP contribution in [0, 0.1) is 5.92 Å². The van der Waals surface area contributed by atoms with Crippen LogP contribution in [-0.4, -0.2) is 28.8 Å². The third-order valence-corrected chi connectivity index (χ3v) is 4.40. The number of carbonyl (C=O) groups is 1. The van der Waals surface area contributed by atoms with Gasteiger partial charge in [-0.15, -0.1) is 0 Å². The van der Waals surface area contributed by atoms with E-state index in [9.17, 15) is 4.79 Å². The van der Waals surface area contributed by atoms with Crippen LogP contribution in [0.15, 0.2) is 22.8 Å². The number of pyridine rings is 1. The molecule has 1 N–H and O–H groups in total. The highest BCUT2D eigenvalue weighted by Crippen LogP contribution is 2.24.